The number of terminal acetylenes is 1. The summed E-state index contributed by atoms with van der Waals surface area (Å²) in [5.41, 5.74) is -0.272. The van der Waals surface area contributed by atoms with E-state index in [1.807, 2.05) is 0 Å². The first-order valence-corrected chi connectivity index (χ1v) is 4.94. The molecule has 5 heteroatoms. The number of rotatable bonds is 1. The van der Waals surface area contributed by atoms with Gasteiger partial charge in [-0.1, -0.05) is 0 Å². The molecule has 1 aliphatic rings. The Morgan fingerprint density at radius 1 is 1.29 bits per heavy atom. The fourth-order valence-electron chi connectivity index (χ4n) is 1.78. The molecule has 1 saturated heterocycles. The molecule has 1 heterocycles. The van der Waals surface area contributed by atoms with E-state index in [1.165, 1.54) is 0 Å². The van der Waals surface area contributed by atoms with Crippen molar-refractivity contribution in [2.75, 3.05) is 11.4 Å². The summed E-state index contributed by atoms with van der Waals surface area (Å²) in [6.07, 6.45) is 5.26. The number of halogens is 3. The van der Waals surface area contributed by atoms with Crippen molar-refractivity contribution in [2.45, 2.75) is 6.42 Å². The van der Waals surface area contributed by atoms with Crippen LogP contribution in [0.3, 0.4) is 0 Å². The monoisotopic (exact) mass is 239 g/mol. The summed E-state index contributed by atoms with van der Waals surface area (Å²) >= 11 is 0. The second kappa shape index (κ2) is 4.13. The van der Waals surface area contributed by atoms with Crippen LogP contribution in [0.25, 0.3) is 0 Å². The summed E-state index contributed by atoms with van der Waals surface area (Å²) in [6.45, 7) is 0.122. The number of hydrogen-bond donors (Lipinski definition) is 0. The molecule has 88 valence electrons. The van der Waals surface area contributed by atoms with E-state index >= 15 is 0 Å². The maximum absolute atomic E-state index is 13.5. The van der Waals surface area contributed by atoms with Crippen LogP contribution < -0.4 is 4.90 Å². The normalized spacial score (nSPS) is 19.5. The molecular formula is C12H8F3NO. The van der Waals surface area contributed by atoms with E-state index < -0.39 is 23.4 Å². The Hall–Kier alpha value is -1.96. The van der Waals surface area contributed by atoms with Gasteiger partial charge in [0, 0.05) is 18.9 Å². The third kappa shape index (κ3) is 1.86. The van der Waals surface area contributed by atoms with Gasteiger partial charge in [0.2, 0.25) is 5.91 Å². The quantitative estimate of drug-likeness (QED) is 0.542. The van der Waals surface area contributed by atoms with Gasteiger partial charge in [0.05, 0.1) is 5.69 Å². The molecule has 1 amide bonds. The lowest BCUT2D eigenvalue weighted by Crippen LogP contribution is -2.26. The van der Waals surface area contributed by atoms with Crippen molar-refractivity contribution >= 4 is 11.6 Å². The number of carbonyl (C=O) groups excluding carboxylic acids is 1. The fraction of sp³-hybridized carbons (Fsp3) is 0.250. The molecule has 0 radical (unpaired) electrons. The zero-order chi connectivity index (χ0) is 12.6. The second-order valence-electron chi connectivity index (χ2n) is 3.77. The summed E-state index contributed by atoms with van der Waals surface area (Å²) < 4.78 is 39.2. The highest BCUT2D eigenvalue weighted by atomic mass is 19.2. The van der Waals surface area contributed by atoms with Gasteiger partial charge in [-0.3, -0.25) is 4.79 Å². The first kappa shape index (κ1) is 11.5. The molecule has 1 aromatic rings. The van der Waals surface area contributed by atoms with Gasteiger partial charge in [0.1, 0.15) is 0 Å². The van der Waals surface area contributed by atoms with Gasteiger partial charge in [-0.25, -0.2) is 13.2 Å². The van der Waals surface area contributed by atoms with Gasteiger partial charge < -0.3 is 4.90 Å². The smallest absolute Gasteiger partial charge is 0.228 e. The molecule has 2 nitrogen and oxygen atoms in total. The Kier molecular flexibility index (Phi) is 2.80. The molecule has 0 bridgehead atoms. The Morgan fingerprint density at radius 2 is 2.00 bits per heavy atom. The second-order valence-corrected chi connectivity index (χ2v) is 3.77. The minimum Gasteiger partial charge on any atom is -0.308 e. The first-order valence-electron chi connectivity index (χ1n) is 4.94. The number of hydrogen-bond acceptors (Lipinski definition) is 1. The van der Waals surface area contributed by atoms with E-state index in [0.29, 0.717) is 0 Å². The number of benzene rings is 1. The van der Waals surface area contributed by atoms with Crippen LogP contribution in [0.15, 0.2) is 12.1 Å². The van der Waals surface area contributed by atoms with Crippen LogP contribution >= 0.6 is 0 Å². The zero-order valence-electron chi connectivity index (χ0n) is 8.71. The lowest BCUT2D eigenvalue weighted by Gasteiger charge is -2.16. The lowest BCUT2D eigenvalue weighted by molar-refractivity contribution is -0.117. The number of carbonyl (C=O) groups is 1. The fourth-order valence-corrected chi connectivity index (χ4v) is 1.78. The van der Waals surface area contributed by atoms with E-state index in [-0.39, 0.29) is 24.6 Å². The Labute approximate surface area is 96.0 Å². The average molecular weight is 239 g/mol. The minimum absolute atomic E-state index is 0.0922. The van der Waals surface area contributed by atoms with Crippen molar-refractivity contribution < 1.29 is 18.0 Å². The van der Waals surface area contributed by atoms with Gasteiger partial charge in [-0.2, -0.15) is 0 Å². The molecule has 1 fully saturated rings. The summed E-state index contributed by atoms with van der Waals surface area (Å²) in [4.78, 5) is 12.6. The van der Waals surface area contributed by atoms with E-state index in [1.54, 1.807) is 0 Å². The molecule has 17 heavy (non-hydrogen) atoms. The van der Waals surface area contributed by atoms with Crippen molar-refractivity contribution in [1.29, 1.82) is 0 Å². The zero-order valence-corrected chi connectivity index (χ0v) is 8.71. The largest absolute Gasteiger partial charge is 0.308 e. The molecule has 0 N–H and O–H groups in total. The van der Waals surface area contributed by atoms with Crippen molar-refractivity contribution in [1.82, 2.24) is 0 Å². The highest BCUT2D eigenvalue weighted by molar-refractivity contribution is 5.96. The summed E-state index contributed by atoms with van der Waals surface area (Å²) in [5.74, 6) is -2.56. The minimum atomic E-state index is -1.58. The van der Waals surface area contributed by atoms with Crippen molar-refractivity contribution in [3.05, 3.63) is 29.6 Å². The van der Waals surface area contributed by atoms with Crippen molar-refractivity contribution in [3.63, 3.8) is 0 Å². The van der Waals surface area contributed by atoms with Gasteiger partial charge in [0.25, 0.3) is 0 Å². The predicted octanol–water partition coefficient (Wildman–Crippen LogP) is 2.09. The summed E-state index contributed by atoms with van der Waals surface area (Å²) in [5, 5.41) is 0. The highest BCUT2D eigenvalue weighted by Gasteiger charge is 2.32. The number of anilines is 1. The van der Waals surface area contributed by atoms with Crippen molar-refractivity contribution in [3.8, 4) is 12.3 Å². The maximum Gasteiger partial charge on any atom is 0.228 e. The molecule has 1 aromatic carbocycles. The molecule has 0 aromatic heterocycles. The third-order valence-corrected chi connectivity index (χ3v) is 2.67. The van der Waals surface area contributed by atoms with Crippen molar-refractivity contribution in [2.24, 2.45) is 5.92 Å². The molecule has 0 aliphatic carbocycles. The van der Waals surface area contributed by atoms with Gasteiger partial charge in [0.15, 0.2) is 17.5 Å². The standard InChI is InChI=1S/C12H8F3NO/c1-2-7-5-10(17)16(6-7)9-4-3-8(13)11(14)12(9)15/h1,3-4,7H,5-6H2. The van der Waals surface area contributed by atoms with Crippen LogP contribution in [-0.4, -0.2) is 12.5 Å². The van der Waals surface area contributed by atoms with E-state index in [2.05, 4.69) is 5.92 Å². The lowest BCUT2D eigenvalue weighted by atomic mass is 10.1. The highest BCUT2D eigenvalue weighted by Crippen LogP contribution is 2.29. The molecular weight excluding hydrogens is 231 g/mol. The third-order valence-electron chi connectivity index (χ3n) is 2.67. The Balaban J connectivity index is 2.40. The summed E-state index contributed by atoms with van der Waals surface area (Å²) in [6, 6.07) is 1.81. The van der Waals surface area contributed by atoms with Crippen LogP contribution in [0.1, 0.15) is 6.42 Å². The molecule has 2 rings (SSSR count). The maximum atomic E-state index is 13.5. The predicted molar refractivity (Wildman–Crippen MR) is 55.6 cm³/mol. The molecule has 0 saturated carbocycles. The molecule has 1 atom stereocenters. The van der Waals surface area contributed by atoms with Crippen LogP contribution in [0, 0.1) is 35.7 Å². The SMILES string of the molecule is C#CC1CC(=O)N(c2ccc(F)c(F)c2F)C1. The van der Waals surface area contributed by atoms with Crippen LogP contribution in [0.5, 0.6) is 0 Å². The van der Waals surface area contributed by atoms with E-state index in [0.717, 1.165) is 17.0 Å². The van der Waals surface area contributed by atoms with Crippen LogP contribution in [-0.2, 0) is 4.79 Å². The van der Waals surface area contributed by atoms with Gasteiger partial charge in [-0.15, -0.1) is 12.3 Å². The van der Waals surface area contributed by atoms with Gasteiger partial charge in [-0.05, 0) is 12.1 Å². The first-order chi connectivity index (χ1) is 8.04. The van der Waals surface area contributed by atoms with Crippen LogP contribution in [0.2, 0.25) is 0 Å². The average Bonchev–Trinajstić information content (AvgIpc) is 2.68. The number of nitrogens with zero attached hydrogens (tertiary/aromatic N) is 1. The van der Waals surface area contributed by atoms with Gasteiger partial charge >= 0.3 is 0 Å². The summed E-state index contributed by atoms with van der Waals surface area (Å²) in [7, 11) is 0. The topological polar surface area (TPSA) is 20.3 Å². The van der Waals surface area contributed by atoms with E-state index in [9.17, 15) is 18.0 Å². The van der Waals surface area contributed by atoms with E-state index in [4.69, 9.17) is 6.42 Å². The Bertz CT molecular complexity index is 521. The molecule has 0 spiro atoms. The molecule has 1 aliphatic heterocycles. The number of amides is 1. The molecule has 1 unspecified atom stereocenters. The van der Waals surface area contributed by atoms with Crippen LogP contribution in [0.4, 0.5) is 18.9 Å². The Morgan fingerprint density at radius 3 is 2.59 bits per heavy atom.